The Labute approximate surface area is 201 Å². The second-order valence-electron chi connectivity index (χ2n) is 8.67. The third kappa shape index (κ3) is 12.6. The van der Waals surface area contributed by atoms with E-state index in [1.54, 1.807) is 12.4 Å². The third-order valence-corrected chi connectivity index (χ3v) is 5.62. The van der Waals surface area contributed by atoms with Gasteiger partial charge in [-0.15, -0.1) is 0 Å². The molecular weight excluding hydrogens is 408 g/mol. The van der Waals surface area contributed by atoms with Crippen molar-refractivity contribution >= 4 is 0 Å². The number of benzene rings is 1. The van der Waals surface area contributed by atoms with Crippen LogP contribution in [0, 0.1) is 0 Å². The van der Waals surface area contributed by atoms with Crippen LogP contribution in [0.1, 0.15) is 90.0 Å². The molecule has 0 amide bonds. The van der Waals surface area contributed by atoms with Crippen molar-refractivity contribution in [3.05, 3.63) is 54.4 Å². The number of allylic oxidation sites excluding steroid dienone is 2. The second kappa shape index (κ2) is 18.3. The van der Waals surface area contributed by atoms with Gasteiger partial charge in [-0.2, -0.15) is 0 Å². The van der Waals surface area contributed by atoms with E-state index in [4.69, 9.17) is 9.47 Å². The minimum atomic E-state index is 0.714. The molecule has 1 aromatic carbocycles. The van der Waals surface area contributed by atoms with Crippen LogP contribution in [-0.4, -0.2) is 29.8 Å². The number of rotatable bonds is 19. The molecule has 2 aromatic rings. The lowest BCUT2D eigenvalue weighted by Crippen LogP contribution is -1.99. The molecule has 0 unspecified atom stereocenters. The average Bonchev–Trinajstić information content (AvgIpc) is 2.85. The van der Waals surface area contributed by atoms with Gasteiger partial charge in [0.25, 0.3) is 0 Å². The van der Waals surface area contributed by atoms with E-state index in [-0.39, 0.29) is 0 Å². The molecule has 0 aliphatic rings. The van der Waals surface area contributed by atoms with Gasteiger partial charge in [0.1, 0.15) is 0 Å². The molecule has 0 atom stereocenters. The van der Waals surface area contributed by atoms with E-state index in [0.717, 1.165) is 68.9 Å². The van der Waals surface area contributed by atoms with Crippen molar-refractivity contribution in [1.82, 2.24) is 9.97 Å². The summed E-state index contributed by atoms with van der Waals surface area (Å²) in [5, 5.41) is 0. The Balaban J connectivity index is 1.61. The molecule has 0 saturated carbocycles. The predicted octanol–water partition coefficient (Wildman–Crippen LogP) is 7.97. The monoisotopic (exact) mass is 452 g/mol. The van der Waals surface area contributed by atoms with Crippen LogP contribution >= 0.6 is 0 Å². The van der Waals surface area contributed by atoms with Crippen LogP contribution in [0.25, 0.3) is 11.4 Å². The number of hydrogen-bond acceptors (Lipinski definition) is 4. The van der Waals surface area contributed by atoms with E-state index < -0.39 is 0 Å². The maximum absolute atomic E-state index is 5.80. The second-order valence-corrected chi connectivity index (χ2v) is 8.67. The van der Waals surface area contributed by atoms with Crippen molar-refractivity contribution < 1.29 is 9.47 Å². The van der Waals surface area contributed by atoms with E-state index in [9.17, 15) is 0 Å². The third-order valence-electron chi connectivity index (χ3n) is 5.62. The van der Waals surface area contributed by atoms with Crippen molar-refractivity contribution in [2.75, 3.05) is 19.8 Å². The zero-order valence-corrected chi connectivity index (χ0v) is 20.9. The number of unbranched alkanes of at least 4 members (excludes halogenated alkanes) is 7. The lowest BCUT2D eigenvalue weighted by Gasteiger charge is -2.07. The molecule has 0 bridgehead atoms. The van der Waals surface area contributed by atoms with Crippen molar-refractivity contribution in [1.29, 1.82) is 0 Å². The lowest BCUT2D eigenvalue weighted by atomic mass is 10.0. The normalized spacial score (nSPS) is 11.3. The van der Waals surface area contributed by atoms with Crippen LogP contribution < -0.4 is 4.74 Å². The first-order chi connectivity index (χ1) is 16.3. The lowest BCUT2D eigenvalue weighted by molar-refractivity contribution is 0.130. The molecule has 0 aliphatic heterocycles. The first-order valence-corrected chi connectivity index (χ1v) is 13.1. The molecule has 4 nitrogen and oxygen atoms in total. The van der Waals surface area contributed by atoms with Gasteiger partial charge in [0.05, 0.1) is 19.0 Å². The van der Waals surface area contributed by atoms with E-state index in [2.05, 4.69) is 60.2 Å². The number of hydrogen-bond donors (Lipinski definition) is 0. The van der Waals surface area contributed by atoms with Gasteiger partial charge in [-0.1, -0.05) is 69.5 Å². The summed E-state index contributed by atoms with van der Waals surface area (Å²) < 4.78 is 11.3. The maximum Gasteiger partial charge on any atom is 0.159 e. The molecule has 0 saturated heterocycles. The zero-order chi connectivity index (χ0) is 23.4. The van der Waals surface area contributed by atoms with Crippen LogP contribution in [0.2, 0.25) is 0 Å². The minimum Gasteiger partial charge on any atom is -0.490 e. The number of aromatic nitrogens is 2. The fourth-order valence-electron chi connectivity index (χ4n) is 3.62. The van der Waals surface area contributed by atoms with Crippen LogP contribution in [0.3, 0.4) is 0 Å². The molecular formula is C29H44N2O2. The first-order valence-electron chi connectivity index (χ1n) is 13.1. The zero-order valence-electron chi connectivity index (χ0n) is 20.9. The highest BCUT2D eigenvalue weighted by atomic mass is 16.5. The van der Waals surface area contributed by atoms with Gasteiger partial charge >= 0.3 is 0 Å². The van der Waals surface area contributed by atoms with Crippen molar-refractivity contribution in [2.45, 2.75) is 90.9 Å². The molecule has 33 heavy (non-hydrogen) atoms. The van der Waals surface area contributed by atoms with Crippen molar-refractivity contribution in [2.24, 2.45) is 0 Å². The standard InChI is InChI=1S/C29H44N2O2/c1-3-5-6-7-8-9-10-11-15-23-33-28-24-30-29(31-25-28)27-19-17-26(18-20-27)16-13-12-14-22-32-21-4-2/h8-9,17-20,24-25H,3-7,10-16,21-23H2,1-2H3. The van der Waals surface area contributed by atoms with E-state index in [0.29, 0.717) is 6.61 Å². The van der Waals surface area contributed by atoms with E-state index in [1.165, 1.54) is 44.1 Å². The summed E-state index contributed by atoms with van der Waals surface area (Å²) in [6.07, 6.45) is 22.5. The smallest absolute Gasteiger partial charge is 0.159 e. The summed E-state index contributed by atoms with van der Waals surface area (Å²) in [5.74, 6) is 1.49. The highest BCUT2D eigenvalue weighted by Gasteiger charge is 2.03. The van der Waals surface area contributed by atoms with Gasteiger partial charge in [0.15, 0.2) is 11.6 Å². The fraction of sp³-hybridized carbons (Fsp3) is 0.586. The number of aryl methyl sites for hydroxylation is 1. The SMILES string of the molecule is CCCCCC=CCCCCOc1cnc(-c2ccc(CCCCCOCCC)cc2)nc1. The van der Waals surface area contributed by atoms with Gasteiger partial charge in [-0.05, 0) is 63.4 Å². The summed E-state index contributed by atoms with van der Waals surface area (Å²) in [6, 6.07) is 8.61. The summed E-state index contributed by atoms with van der Waals surface area (Å²) in [5.41, 5.74) is 2.41. The topological polar surface area (TPSA) is 44.2 Å². The number of ether oxygens (including phenoxy) is 2. The summed E-state index contributed by atoms with van der Waals surface area (Å²) in [4.78, 5) is 8.98. The fourth-order valence-corrected chi connectivity index (χ4v) is 3.62. The largest absolute Gasteiger partial charge is 0.490 e. The molecule has 4 heteroatoms. The Kier molecular flexibility index (Phi) is 15.0. The molecule has 0 aliphatic carbocycles. The van der Waals surface area contributed by atoms with Gasteiger partial charge in [0, 0.05) is 18.8 Å². The van der Waals surface area contributed by atoms with Crippen LogP contribution in [0.15, 0.2) is 48.8 Å². The first kappa shape index (κ1) is 27.0. The van der Waals surface area contributed by atoms with Gasteiger partial charge in [-0.3, -0.25) is 0 Å². The molecule has 182 valence electrons. The summed E-state index contributed by atoms with van der Waals surface area (Å²) in [6.45, 7) is 6.88. The van der Waals surface area contributed by atoms with Crippen LogP contribution in [0.5, 0.6) is 5.75 Å². The Bertz CT molecular complexity index is 741. The van der Waals surface area contributed by atoms with E-state index >= 15 is 0 Å². The molecule has 2 rings (SSSR count). The predicted molar refractivity (Wildman–Crippen MR) is 139 cm³/mol. The van der Waals surface area contributed by atoms with Crippen LogP contribution in [0.4, 0.5) is 0 Å². The maximum atomic E-state index is 5.80. The Morgan fingerprint density at radius 3 is 2.09 bits per heavy atom. The van der Waals surface area contributed by atoms with Gasteiger partial charge < -0.3 is 9.47 Å². The van der Waals surface area contributed by atoms with Crippen LogP contribution in [-0.2, 0) is 11.2 Å². The molecule has 0 N–H and O–H groups in total. The molecule has 1 aromatic heterocycles. The van der Waals surface area contributed by atoms with Crippen molar-refractivity contribution in [3.63, 3.8) is 0 Å². The Morgan fingerprint density at radius 2 is 1.39 bits per heavy atom. The van der Waals surface area contributed by atoms with Crippen molar-refractivity contribution in [3.8, 4) is 17.1 Å². The summed E-state index contributed by atoms with van der Waals surface area (Å²) in [7, 11) is 0. The molecule has 0 spiro atoms. The van der Waals surface area contributed by atoms with E-state index in [1.807, 2.05) is 0 Å². The van der Waals surface area contributed by atoms with Gasteiger partial charge in [0.2, 0.25) is 0 Å². The Hall–Kier alpha value is -2.20. The number of nitrogens with zero attached hydrogens (tertiary/aromatic N) is 2. The highest BCUT2D eigenvalue weighted by molar-refractivity contribution is 5.55. The quantitative estimate of drug-likeness (QED) is 0.160. The molecule has 0 fully saturated rings. The molecule has 1 heterocycles. The summed E-state index contributed by atoms with van der Waals surface area (Å²) >= 11 is 0. The van der Waals surface area contributed by atoms with Gasteiger partial charge in [-0.25, -0.2) is 9.97 Å². The highest BCUT2D eigenvalue weighted by Crippen LogP contribution is 2.18. The average molecular weight is 453 g/mol. The minimum absolute atomic E-state index is 0.714. The molecule has 0 radical (unpaired) electrons. The Morgan fingerprint density at radius 1 is 0.697 bits per heavy atom.